The molecule has 0 bridgehead atoms. The Morgan fingerprint density at radius 2 is 1.90 bits per heavy atom. The third kappa shape index (κ3) is 3.90. The van der Waals surface area contributed by atoms with Crippen LogP contribution in [0.15, 0.2) is 27.7 Å². The van der Waals surface area contributed by atoms with Gasteiger partial charge in [0.15, 0.2) is 5.52 Å². The van der Waals surface area contributed by atoms with Crippen LogP contribution < -0.4 is 5.32 Å². The van der Waals surface area contributed by atoms with Crippen LogP contribution in [0.25, 0.3) is 11.0 Å². The molecule has 2 aromatic rings. The van der Waals surface area contributed by atoms with Gasteiger partial charge in [0.2, 0.25) is 15.9 Å². The van der Waals surface area contributed by atoms with Crippen molar-refractivity contribution in [3.05, 3.63) is 18.2 Å². The number of nitrogens with zero attached hydrogens (tertiary/aromatic N) is 3. The highest BCUT2D eigenvalue weighted by Crippen LogP contribution is 2.31. The average Bonchev–Trinajstić information content (AvgIpc) is 3.20. The van der Waals surface area contributed by atoms with E-state index in [1.807, 2.05) is 0 Å². The molecule has 2 fully saturated rings. The summed E-state index contributed by atoms with van der Waals surface area (Å²) < 4.78 is 32.3. The molecule has 1 aliphatic heterocycles. The molecule has 158 valence electrons. The number of amides is 1. The third-order valence-electron chi connectivity index (χ3n) is 6.73. The van der Waals surface area contributed by atoms with E-state index in [4.69, 9.17) is 0 Å². The zero-order valence-electron chi connectivity index (χ0n) is 16.9. The summed E-state index contributed by atoms with van der Waals surface area (Å²) in [6.07, 6.45) is 4.44. The topological polar surface area (TPSA) is 105 Å². The Labute approximate surface area is 171 Å². The first-order chi connectivity index (χ1) is 13.9. The summed E-state index contributed by atoms with van der Waals surface area (Å²) in [5.41, 5.74) is 0.656. The minimum atomic E-state index is -3.71. The third-order valence-corrected chi connectivity index (χ3v) is 8.66. The molecule has 2 aliphatic rings. The van der Waals surface area contributed by atoms with Crippen molar-refractivity contribution in [3.63, 3.8) is 0 Å². The molecule has 1 saturated carbocycles. The average molecular weight is 421 g/mol. The van der Waals surface area contributed by atoms with Crippen molar-refractivity contribution >= 4 is 27.0 Å². The molecule has 29 heavy (non-hydrogen) atoms. The molecular formula is C20H28N4O4S. The van der Waals surface area contributed by atoms with Gasteiger partial charge < -0.3 is 5.32 Å². The van der Waals surface area contributed by atoms with Gasteiger partial charge in [-0.3, -0.25) is 4.79 Å². The van der Waals surface area contributed by atoms with Gasteiger partial charge >= 0.3 is 0 Å². The van der Waals surface area contributed by atoms with E-state index in [9.17, 15) is 13.2 Å². The number of hydrogen-bond acceptors (Lipinski definition) is 6. The number of carbonyl (C=O) groups is 1. The van der Waals surface area contributed by atoms with Crippen molar-refractivity contribution in [2.75, 3.05) is 13.1 Å². The van der Waals surface area contributed by atoms with E-state index in [1.165, 1.54) is 16.8 Å². The quantitative estimate of drug-likeness (QED) is 0.815. The number of nitrogens with one attached hydrogen (secondary N) is 1. The fourth-order valence-corrected chi connectivity index (χ4v) is 6.18. The standard InChI is InChI=1S/C20H28N4O4S/c1-13-5-3-6-16(14(13)2)21-20(25)15-9-11-24(12-10-15)29(26,27)18-8-4-7-17-19(18)23-28-22-17/h4,7-8,13-16H,3,5-6,9-12H2,1-2H3,(H,21,25)/t13-,14-,16+/m1/s1. The van der Waals surface area contributed by atoms with Gasteiger partial charge in [-0.1, -0.05) is 32.8 Å². The van der Waals surface area contributed by atoms with Gasteiger partial charge in [0.1, 0.15) is 10.4 Å². The molecule has 1 aromatic carbocycles. The SMILES string of the molecule is C[C@@H]1[C@H](C)CCC[C@@H]1NC(=O)C1CCN(S(=O)(=O)c2cccc3nonc23)CC1. The zero-order valence-corrected chi connectivity index (χ0v) is 17.7. The number of aromatic nitrogens is 2. The van der Waals surface area contributed by atoms with E-state index in [2.05, 4.69) is 34.1 Å². The van der Waals surface area contributed by atoms with Gasteiger partial charge in [-0.05, 0) is 53.5 Å². The van der Waals surface area contributed by atoms with Gasteiger partial charge in [0.05, 0.1) is 0 Å². The predicted molar refractivity (Wildman–Crippen MR) is 107 cm³/mol. The molecule has 1 aromatic heterocycles. The number of benzene rings is 1. The van der Waals surface area contributed by atoms with Crippen LogP contribution in [0.5, 0.6) is 0 Å². The molecule has 1 N–H and O–H groups in total. The highest BCUT2D eigenvalue weighted by atomic mass is 32.2. The van der Waals surface area contributed by atoms with E-state index in [-0.39, 0.29) is 28.3 Å². The highest BCUT2D eigenvalue weighted by Gasteiger charge is 2.35. The lowest BCUT2D eigenvalue weighted by Crippen LogP contribution is -2.48. The molecule has 0 unspecified atom stereocenters. The Bertz CT molecular complexity index is 981. The first kappa shape index (κ1) is 20.3. The molecule has 2 heterocycles. The van der Waals surface area contributed by atoms with Crippen LogP contribution in [0.2, 0.25) is 0 Å². The van der Waals surface area contributed by atoms with Gasteiger partial charge in [0.25, 0.3) is 0 Å². The Hall–Kier alpha value is -2.00. The van der Waals surface area contributed by atoms with Gasteiger partial charge in [-0.2, -0.15) is 4.31 Å². The normalized spacial score (nSPS) is 27.2. The summed E-state index contributed by atoms with van der Waals surface area (Å²) in [7, 11) is -3.71. The molecule has 1 aliphatic carbocycles. The van der Waals surface area contributed by atoms with Crippen LogP contribution in [-0.2, 0) is 14.8 Å². The number of rotatable bonds is 4. The van der Waals surface area contributed by atoms with Crippen molar-refractivity contribution in [2.45, 2.75) is 56.9 Å². The van der Waals surface area contributed by atoms with Crippen molar-refractivity contribution in [1.29, 1.82) is 0 Å². The lowest BCUT2D eigenvalue weighted by molar-refractivity contribution is -0.127. The van der Waals surface area contributed by atoms with Crippen LogP contribution in [0, 0.1) is 17.8 Å². The molecule has 8 nitrogen and oxygen atoms in total. The number of carbonyl (C=O) groups excluding carboxylic acids is 1. The Morgan fingerprint density at radius 3 is 2.66 bits per heavy atom. The second-order valence-corrected chi connectivity index (χ2v) is 10.4. The summed E-state index contributed by atoms with van der Waals surface area (Å²) in [4.78, 5) is 12.9. The molecule has 1 saturated heterocycles. The van der Waals surface area contributed by atoms with Crippen LogP contribution in [0.1, 0.15) is 46.0 Å². The van der Waals surface area contributed by atoms with Gasteiger partial charge in [-0.25, -0.2) is 13.0 Å². The summed E-state index contributed by atoms with van der Waals surface area (Å²) in [5, 5.41) is 10.7. The minimum absolute atomic E-state index is 0.0656. The second kappa shape index (κ2) is 8.02. The maximum Gasteiger partial charge on any atom is 0.245 e. The van der Waals surface area contributed by atoms with Crippen molar-refractivity contribution in [2.24, 2.45) is 17.8 Å². The maximum absolute atomic E-state index is 13.1. The number of piperidine rings is 1. The second-order valence-electron chi connectivity index (χ2n) is 8.45. The summed E-state index contributed by atoms with van der Waals surface area (Å²) in [5.74, 6) is 1.02. The van der Waals surface area contributed by atoms with Crippen molar-refractivity contribution < 1.29 is 17.8 Å². The van der Waals surface area contributed by atoms with E-state index in [0.717, 1.165) is 12.8 Å². The summed E-state index contributed by atoms with van der Waals surface area (Å²) in [6.45, 7) is 5.10. The molecule has 4 rings (SSSR count). The Morgan fingerprint density at radius 1 is 1.14 bits per heavy atom. The molecule has 0 spiro atoms. The lowest BCUT2D eigenvalue weighted by Gasteiger charge is -2.36. The van der Waals surface area contributed by atoms with Crippen LogP contribution >= 0.6 is 0 Å². The Kier molecular flexibility index (Phi) is 5.61. The smallest absolute Gasteiger partial charge is 0.245 e. The number of fused-ring (bicyclic) bond motifs is 1. The number of hydrogen-bond donors (Lipinski definition) is 1. The van der Waals surface area contributed by atoms with Crippen LogP contribution in [0.4, 0.5) is 0 Å². The lowest BCUT2D eigenvalue weighted by atomic mass is 9.78. The molecule has 9 heteroatoms. The molecule has 0 radical (unpaired) electrons. The van der Waals surface area contributed by atoms with Gasteiger partial charge in [-0.15, -0.1) is 0 Å². The van der Waals surface area contributed by atoms with Crippen LogP contribution in [-0.4, -0.2) is 48.1 Å². The Balaban J connectivity index is 1.40. The van der Waals surface area contributed by atoms with E-state index in [0.29, 0.717) is 43.3 Å². The van der Waals surface area contributed by atoms with E-state index < -0.39 is 10.0 Å². The fourth-order valence-electron chi connectivity index (χ4n) is 4.57. The number of sulfonamides is 1. The first-order valence-corrected chi connectivity index (χ1v) is 11.8. The largest absolute Gasteiger partial charge is 0.353 e. The van der Waals surface area contributed by atoms with E-state index >= 15 is 0 Å². The predicted octanol–water partition coefficient (Wildman–Crippen LogP) is 2.56. The summed E-state index contributed by atoms with van der Waals surface area (Å²) in [6, 6.07) is 5.04. The zero-order chi connectivity index (χ0) is 20.6. The van der Waals surface area contributed by atoms with E-state index in [1.54, 1.807) is 12.1 Å². The minimum Gasteiger partial charge on any atom is -0.353 e. The monoisotopic (exact) mass is 420 g/mol. The molecular weight excluding hydrogens is 392 g/mol. The highest BCUT2D eigenvalue weighted by molar-refractivity contribution is 7.89. The first-order valence-electron chi connectivity index (χ1n) is 10.4. The van der Waals surface area contributed by atoms with Gasteiger partial charge in [0, 0.05) is 25.0 Å². The maximum atomic E-state index is 13.1. The van der Waals surface area contributed by atoms with Crippen LogP contribution in [0.3, 0.4) is 0 Å². The fraction of sp³-hybridized carbons (Fsp3) is 0.650. The van der Waals surface area contributed by atoms with Crippen molar-refractivity contribution in [1.82, 2.24) is 19.9 Å². The molecule has 1 amide bonds. The molecule has 3 atom stereocenters. The van der Waals surface area contributed by atoms with Crippen molar-refractivity contribution in [3.8, 4) is 0 Å². The summed E-state index contributed by atoms with van der Waals surface area (Å²) >= 11 is 0.